The van der Waals surface area contributed by atoms with Crippen molar-refractivity contribution in [2.45, 2.75) is 51.3 Å². The van der Waals surface area contributed by atoms with Crippen LogP contribution in [0.3, 0.4) is 0 Å². The van der Waals surface area contributed by atoms with Gasteiger partial charge in [0.1, 0.15) is 17.4 Å². The van der Waals surface area contributed by atoms with Gasteiger partial charge in [0.25, 0.3) is 0 Å². The number of thiazole rings is 1. The predicted molar refractivity (Wildman–Crippen MR) is 102 cm³/mol. The second-order valence-corrected chi connectivity index (χ2v) is 8.13. The molecule has 2 atom stereocenters. The summed E-state index contributed by atoms with van der Waals surface area (Å²) in [5.74, 6) is 1.06. The van der Waals surface area contributed by atoms with Crippen LogP contribution >= 0.6 is 11.3 Å². The quantitative estimate of drug-likeness (QED) is 0.878. The number of carbonyl (C=O) groups excluding carboxylic acids is 1. The molecule has 2 saturated heterocycles. The molecule has 1 aromatic heterocycles. The molecule has 2 fully saturated rings. The summed E-state index contributed by atoms with van der Waals surface area (Å²) in [5.41, 5.74) is 2.07. The molecule has 0 radical (unpaired) electrons. The number of hydrogen-bond donors (Lipinski definition) is 1. The number of hydrogen-bond acceptors (Lipinski definition) is 5. The van der Waals surface area contributed by atoms with Gasteiger partial charge in [-0.2, -0.15) is 0 Å². The molecule has 2 unspecified atom stereocenters. The highest BCUT2D eigenvalue weighted by molar-refractivity contribution is 7.09. The molecule has 2 aliphatic heterocycles. The zero-order valence-electron chi connectivity index (χ0n) is 15.1. The van der Waals surface area contributed by atoms with Crippen LogP contribution in [0.25, 0.3) is 0 Å². The highest BCUT2D eigenvalue weighted by Gasteiger charge is 2.37. The number of nitrogens with one attached hydrogen (secondary N) is 1. The zero-order valence-corrected chi connectivity index (χ0v) is 15.9. The minimum Gasteiger partial charge on any atom is -0.486 e. The molecule has 3 heterocycles. The van der Waals surface area contributed by atoms with E-state index < -0.39 is 0 Å². The summed E-state index contributed by atoms with van der Waals surface area (Å²) < 4.78 is 5.79. The van der Waals surface area contributed by atoms with Gasteiger partial charge >= 0.3 is 0 Å². The average molecular weight is 372 g/mol. The lowest BCUT2D eigenvalue weighted by Crippen LogP contribution is -2.43. The number of nitrogens with zero attached hydrogens (tertiary/aromatic N) is 2. The predicted octanol–water partition coefficient (Wildman–Crippen LogP) is 2.93. The van der Waals surface area contributed by atoms with E-state index in [4.69, 9.17) is 4.74 Å². The van der Waals surface area contributed by atoms with Gasteiger partial charge in [0.2, 0.25) is 5.91 Å². The maximum Gasteiger partial charge on any atom is 0.229 e. The maximum absolute atomic E-state index is 12.8. The topological polar surface area (TPSA) is 54.5 Å². The SMILES string of the molecule is Cc1ccc(OCc2nc(CC(=O)N3C4CCNCC3CC4)cs2)cc1. The lowest BCUT2D eigenvalue weighted by atomic mass is 10.1. The minimum absolute atomic E-state index is 0.220. The second-order valence-electron chi connectivity index (χ2n) is 7.19. The first kappa shape index (κ1) is 17.5. The van der Waals surface area contributed by atoms with E-state index >= 15 is 0 Å². The van der Waals surface area contributed by atoms with E-state index in [9.17, 15) is 4.79 Å². The molecule has 2 bridgehead atoms. The first-order valence-corrected chi connectivity index (χ1v) is 10.2. The lowest BCUT2D eigenvalue weighted by Gasteiger charge is -2.27. The summed E-state index contributed by atoms with van der Waals surface area (Å²) in [6.07, 6.45) is 3.73. The minimum atomic E-state index is 0.220. The molecule has 1 aromatic carbocycles. The Morgan fingerprint density at radius 1 is 1.27 bits per heavy atom. The fourth-order valence-electron chi connectivity index (χ4n) is 3.91. The maximum atomic E-state index is 12.8. The van der Waals surface area contributed by atoms with Crippen molar-refractivity contribution < 1.29 is 9.53 Å². The molecule has 4 rings (SSSR count). The molecule has 2 aliphatic rings. The monoisotopic (exact) mass is 371 g/mol. The third kappa shape index (κ3) is 3.91. The van der Waals surface area contributed by atoms with Crippen molar-refractivity contribution in [3.63, 3.8) is 0 Å². The number of benzene rings is 1. The summed E-state index contributed by atoms with van der Waals surface area (Å²) in [4.78, 5) is 19.6. The Hall–Kier alpha value is -1.92. The summed E-state index contributed by atoms with van der Waals surface area (Å²) in [7, 11) is 0. The van der Waals surface area contributed by atoms with Crippen LogP contribution in [0.1, 0.15) is 35.5 Å². The highest BCUT2D eigenvalue weighted by Crippen LogP contribution is 2.28. The summed E-state index contributed by atoms with van der Waals surface area (Å²) >= 11 is 1.56. The van der Waals surface area contributed by atoms with Crippen LogP contribution in [0, 0.1) is 6.92 Å². The number of aryl methyl sites for hydroxylation is 1. The number of carbonyl (C=O) groups is 1. The Labute approximate surface area is 158 Å². The smallest absolute Gasteiger partial charge is 0.229 e. The van der Waals surface area contributed by atoms with Gasteiger partial charge in [-0.15, -0.1) is 11.3 Å². The van der Waals surface area contributed by atoms with Crippen LogP contribution < -0.4 is 10.1 Å². The van der Waals surface area contributed by atoms with Gasteiger partial charge in [0, 0.05) is 24.0 Å². The molecular weight excluding hydrogens is 346 g/mol. The first-order chi connectivity index (χ1) is 12.7. The summed E-state index contributed by atoms with van der Waals surface area (Å²) in [5, 5.41) is 6.34. The molecule has 138 valence electrons. The number of amides is 1. The van der Waals surface area contributed by atoms with Crippen LogP contribution in [0.5, 0.6) is 5.75 Å². The van der Waals surface area contributed by atoms with Crippen molar-refractivity contribution >= 4 is 17.2 Å². The molecule has 0 aliphatic carbocycles. The first-order valence-electron chi connectivity index (χ1n) is 9.33. The van der Waals surface area contributed by atoms with Crippen molar-refractivity contribution in [2.75, 3.05) is 13.1 Å². The third-order valence-electron chi connectivity index (χ3n) is 5.26. The van der Waals surface area contributed by atoms with Gasteiger partial charge in [-0.3, -0.25) is 4.79 Å². The Bertz CT molecular complexity index is 745. The van der Waals surface area contributed by atoms with Crippen molar-refractivity contribution in [2.24, 2.45) is 0 Å². The van der Waals surface area contributed by atoms with E-state index in [1.165, 1.54) is 5.56 Å². The zero-order chi connectivity index (χ0) is 17.9. The molecular formula is C20H25N3O2S. The number of rotatable bonds is 5. The Balaban J connectivity index is 1.34. The van der Waals surface area contributed by atoms with Gasteiger partial charge in [0.15, 0.2) is 0 Å². The third-order valence-corrected chi connectivity index (χ3v) is 6.13. The van der Waals surface area contributed by atoms with Gasteiger partial charge in [-0.1, -0.05) is 17.7 Å². The normalized spacial score (nSPS) is 22.3. The van der Waals surface area contributed by atoms with Crippen molar-refractivity contribution in [1.29, 1.82) is 0 Å². The highest BCUT2D eigenvalue weighted by atomic mass is 32.1. The van der Waals surface area contributed by atoms with Gasteiger partial charge < -0.3 is 15.0 Å². The van der Waals surface area contributed by atoms with Crippen molar-refractivity contribution in [3.05, 3.63) is 45.9 Å². The van der Waals surface area contributed by atoms with Crippen LogP contribution in [0.15, 0.2) is 29.6 Å². The standard InChI is InChI=1S/C20H25N3O2S/c1-14-2-6-18(7-3-14)25-12-19-22-15(13-26-19)10-20(24)23-16-4-5-17(23)11-21-9-8-16/h2-3,6-7,13,16-17,21H,4-5,8-12H2,1H3. The van der Waals surface area contributed by atoms with E-state index in [1.807, 2.05) is 29.6 Å². The fourth-order valence-corrected chi connectivity index (χ4v) is 4.62. The van der Waals surface area contributed by atoms with Crippen LogP contribution in [0.4, 0.5) is 0 Å². The van der Waals surface area contributed by atoms with E-state index in [2.05, 4.69) is 22.1 Å². The number of ether oxygens (including phenoxy) is 1. The molecule has 5 nitrogen and oxygen atoms in total. The van der Waals surface area contributed by atoms with E-state index in [0.717, 1.165) is 48.8 Å². The Kier molecular flexibility index (Phi) is 5.22. The molecule has 6 heteroatoms. The van der Waals surface area contributed by atoms with Gasteiger partial charge in [0.05, 0.1) is 12.1 Å². The largest absolute Gasteiger partial charge is 0.486 e. The number of aromatic nitrogens is 1. The van der Waals surface area contributed by atoms with Crippen LogP contribution in [0.2, 0.25) is 0 Å². The summed E-state index contributed by atoms with van der Waals surface area (Å²) in [6, 6.07) is 8.77. The summed E-state index contributed by atoms with van der Waals surface area (Å²) in [6.45, 7) is 4.44. The van der Waals surface area contributed by atoms with Gasteiger partial charge in [-0.25, -0.2) is 4.98 Å². The van der Waals surface area contributed by atoms with Crippen LogP contribution in [-0.4, -0.2) is 41.0 Å². The van der Waals surface area contributed by atoms with Crippen molar-refractivity contribution in [3.8, 4) is 5.75 Å². The molecule has 26 heavy (non-hydrogen) atoms. The van der Waals surface area contributed by atoms with Crippen molar-refractivity contribution in [1.82, 2.24) is 15.2 Å². The second kappa shape index (κ2) is 7.76. The number of fused-ring (bicyclic) bond motifs is 2. The van der Waals surface area contributed by atoms with Gasteiger partial charge in [-0.05, 0) is 44.9 Å². The molecule has 0 spiro atoms. The Morgan fingerprint density at radius 2 is 2.08 bits per heavy atom. The molecule has 2 aromatic rings. The average Bonchev–Trinajstić information content (AvgIpc) is 3.17. The Morgan fingerprint density at radius 3 is 2.92 bits per heavy atom. The fraction of sp³-hybridized carbons (Fsp3) is 0.500. The molecule has 0 saturated carbocycles. The van der Waals surface area contributed by atoms with E-state index in [-0.39, 0.29) is 5.91 Å². The molecule has 1 N–H and O–H groups in total. The van der Waals surface area contributed by atoms with E-state index in [0.29, 0.717) is 25.1 Å². The molecule has 1 amide bonds. The lowest BCUT2D eigenvalue weighted by molar-refractivity contribution is -0.133. The van der Waals surface area contributed by atoms with E-state index in [1.54, 1.807) is 11.3 Å². The van der Waals surface area contributed by atoms with Crippen LogP contribution in [-0.2, 0) is 17.8 Å².